The molecule has 0 saturated carbocycles. The average Bonchev–Trinajstić information content (AvgIpc) is 1.76. The zero-order valence-corrected chi connectivity index (χ0v) is 3.59. The van der Waals surface area contributed by atoms with Crippen molar-refractivity contribution in [2.75, 3.05) is 0 Å². The number of hydrogen-bond donors (Lipinski definition) is 0. The molecule has 0 aromatic heterocycles. The number of rotatable bonds is 0. The summed E-state index contributed by atoms with van der Waals surface area (Å²) in [5.74, 6) is 0. The van der Waals surface area contributed by atoms with Crippen molar-refractivity contribution in [3.63, 3.8) is 0 Å². The van der Waals surface area contributed by atoms with E-state index in [-0.39, 0.29) is 23.3 Å². The second-order valence-corrected chi connectivity index (χ2v) is 1.09. The predicted octanol–water partition coefficient (Wildman–Crippen LogP) is 2.39. The van der Waals surface area contributed by atoms with Crippen molar-refractivity contribution < 1.29 is 0 Å². The molecule has 0 unspecified atom stereocenters. The Morgan fingerprint density at radius 3 is 1.38 bits per heavy atom. The van der Waals surface area contributed by atoms with Crippen molar-refractivity contribution in [3.8, 4) is 0 Å². The Bertz CT molecular complexity index is 62.5. The molecule has 0 N–H and O–H groups in total. The maximum Gasteiger partial charge on any atom is 0 e. The van der Waals surface area contributed by atoms with Crippen LogP contribution in [0.2, 0.25) is 0 Å². The lowest BCUT2D eigenvalue weighted by atomic mass is 10.5. The van der Waals surface area contributed by atoms with Crippen LogP contribution in [0, 0.1) is 0 Å². The first-order valence-electron chi connectivity index (χ1n) is 1.82. The van der Waals surface area contributed by atoms with Gasteiger partial charge >= 0.3 is 0 Å². The second-order valence-electron chi connectivity index (χ2n) is 1.09. The Labute approximate surface area is 54.9 Å². The molecule has 0 amide bonds. The summed E-state index contributed by atoms with van der Waals surface area (Å²) >= 11 is 0. The molecule has 1 aliphatic carbocycles. The highest BCUT2D eigenvalue weighted by atomic mass is 13.8. The fraction of sp³-hybridized carbons (Fsp3) is 0.429. The number of allylic oxidation sites excluding steroid dienone is 4. The Morgan fingerprint density at radius 2 is 1.25 bits per heavy atom. The van der Waals surface area contributed by atoms with E-state index in [1.165, 1.54) is 0 Å². The molecule has 0 aromatic carbocycles. The zero-order chi connectivity index (χ0) is 3.54. The van der Waals surface area contributed by atoms with Crippen LogP contribution < -0.4 is 0 Å². The van der Waals surface area contributed by atoms with E-state index in [4.69, 9.17) is 0 Å². The summed E-state index contributed by atoms with van der Waals surface area (Å²) in [6.07, 6.45) is 9.50. The topological polar surface area (TPSA) is 0 Å². The van der Waals surface area contributed by atoms with E-state index < -0.39 is 0 Å². The first kappa shape index (κ1) is 15.6. The SMILES string of the molecule is C.C.C1=CCC=C1.[B]. The molecule has 1 aliphatic rings. The van der Waals surface area contributed by atoms with Gasteiger partial charge in [0.2, 0.25) is 0 Å². The molecule has 0 spiro atoms. The molecule has 0 heterocycles. The van der Waals surface area contributed by atoms with Crippen LogP contribution in [-0.2, 0) is 0 Å². The minimum atomic E-state index is 0. The summed E-state index contributed by atoms with van der Waals surface area (Å²) < 4.78 is 0. The summed E-state index contributed by atoms with van der Waals surface area (Å²) in [7, 11) is 0. The van der Waals surface area contributed by atoms with Gasteiger partial charge in [-0.3, -0.25) is 0 Å². The van der Waals surface area contributed by atoms with Gasteiger partial charge in [-0.05, 0) is 6.42 Å². The zero-order valence-electron chi connectivity index (χ0n) is 3.59. The van der Waals surface area contributed by atoms with Crippen LogP contribution in [0.25, 0.3) is 0 Å². The molecular weight excluding hydrogens is 94.9 g/mol. The molecular formula is C7H14B. The molecule has 0 atom stereocenters. The highest BCUT2D eigenvalue weighted by Crippen LogP contribution is 1.93. The lowest BCUT2D eigenvalue weighted by Crippen LogP contribution is -1.37. The van der Waals surface area contributed by atoms with Gasteiger partial charge in [-0.25, -0.2) is 0 Å². The van der Waals surface area contributed by atoms with E-state index in [2.05, 4.69) is 24.3 Å². The van der Waals surface area contributed by atoms with Gasteiger partial charge in [0.05, 0.1) is 0 Å². The quantitative estimate of drug-likeness (QED) is 0.419. The number of hydrogen-bond acceptors (Lipinski definition) is 0. The first-order valence-corrected chi connectivity index (χ1v) is 1.82. The summed E-state index contributed by atoms with van der Waals surface area (Å²) in [6, 6.07) is 0. The van der Waals surface area contributed by atoms with Crippen molar-refractivity contribution in [1.29, 1.82) is 0 Å². The van der Waals surface area contributed by atoms with Crippen LogP contribution in [-0.4, -0.2) is 8.41 Å². The smallest absolute Gasteiger partial charge is 0 e. The van der Waals surface area contributed by atoms with Crippen LogP contribution >= 0.6 is 0 Å². The third-order valence-electron chi connectivity index (χ3n) is 0.655. The lowest BCUT2D eigenvalue weighted by Gasteiger charge is -1.57. The molecule has 45 valence electrons. The average molecular weight is 109 g/mol. The summed E-state index contributed by atoms with van der Waals surface area (Å²) in [6.45, 7) is 0. The van der Waals surface area contributed by atoms with Gasteiger partial charge in [0.1, 0.15) is 0 Å². The Kier molecular flexibility index (Phi) is 19.1. The molecule has 1 heteroatoms. The third-order valence-corrected chi connectivity index (χ3v) is 0.655. The van der Waals surface area contributed by atoms with E-state index in [0.717, 1.165) is 6.42 Å². The lowest BCUT2D eigenvalue weighted by molar-refractivity contribution is 1.45. The van der Waals surface area contributed by atoms with Gasteiger partial charge in [0.25, 0.3) is 0 Å². The van der Waals surface area contributed by atoms with Gasteiger partial charge in [-0.1, -0.05) is 39.2 Å². The van der Waals surface area contributed by atoms with E-state index >= 15 is 0 Å². The van der Waals surface area contributed by atoms with E-state index in [9.17, 15) is 0 Å². The molecule has 3 radical (unpaired) electrons. The Morgan fingerprint density at radius 1 is 0.875 bits per heavy atom. The fourth-order valence-electron chi connectivity index (χ4n) is 0.393. The van der Waals surface area contributed by atoms with Gasteiger partial charge in [0.15, 0.2) is 0 Å². The molecule has 0 fully saturated rings. The second kappa shape index (κ2) is 9.74. The largest absolute Gasteiger partial charge is 0.0808 e. The minimum absolute atomic E-state index is 0. The summed E-state index contributed by atoms with van der Waals surface area (Å²) in [4.78, 5) is 0. The normalized spacial score (nSPS) is 11.0. The molecule has 1 rings (SSSR count). The van der Waals surface area contributed by atoms with Gasteiger partial charge in [0, 0.05) is 8.41 Å². The monoisotopic (exact) mass is 109 g/mol. The van der Waals surface area contributed by atoms with Crippen molar-refractivity contribution in [2.24, 2.45) is 0 Å². The summed E-state index contributed by atoms with van der Waals surface area (Å²) in [5, 5.41) is 0. The van der Waals surface area contributed by atoms with Crippen molar-refractivity contribution >= 4 is 8.41 Å². The summed E-state index contributed by atoms with van der Waals surface area (Å²) in [5.41, 5.74) is 0. The van der Waals surface area contributed by atoms with Crippen molar-refractivity contribution in [2.45, 2.75) is 21.3 Å². The standard InChI is InChI=1S/C5H6.2CH4.B/c1-2-4-5-3-1;;;/h1-4H,5H2;2*1H4;. The van der Waals surface area contributed by atoms with Crippen LogP contribution in [0.5, 0.6) is 0 Å². The molecule has 0 aromatic rings. The van der Waals surface area contributed by atoms with Gasteiger partial charge < -0.3 is 0 Å². The predicted molar refractivity (Wildman–Crippen MR) is 42.1 cm³/mol. The molecule has 0 nitrogen and oxygen atoms in total. The fourth-order valence-corrected chi connectivity index (χ4v) is 0.393. The van der Waals surface area contributed by atoms with Crippen LogP contribution in [0.3, 0.4) is 0 Å². The van der Waals surface area contributed by atoms with Crippen LogP contribution in [0.1, 0.15) is 21.3 Å². The van der Waals surface area contributed by atoms with Crippen molar-refractivity contribution in [1.82, 2.24) is 0 Å². The molecule has 8 heavy (non-hydrogen) atoms. The maximum atomic E-state index is 2.12. The van der Waals surface area contributed by atoms with Gasteiger partial charge in [-0.15, -0.1) is 0 Å². The minimum Gasteiger partial charge on any atom is -0.0808 e. The van der Waals surface area contributed by atoms with E-state index in [1.807, 2.05) is 0 Å². The van der Waals surface area contributed by atoms with Crippen LogP contribution in [0.15, 0.2) is 24.3 Å². The Hall–Kier alpha value is -0.455. The third kappa shape index (κ3) is 5.54. The Balaban J connectivity index is -0.0000000833. The highest BCUT2D eigenvalue weighted by molar-refractivity contribution is 5.75. The molecule has 0 bridgehead atoms. The van der Waals surface area contributed by atoms with Gasteiger partial charge in [-0.2, -0.15) is 0 Å². The van der Waals surface area contributed by atoms with E-state index in [0.29, 0.717) is 0 Å². The molecule has 0 saturated heterocycles. The van der Waals surface area contributed by atoms with E-state index in [1.54, 1.807) is 0 Å². The van der Waals surface area contributed by atoms with Crippen LogP contribution in [0.4, 0.5) is 0 Å². The maximum absolute atomic E-state index is 2.12. The molecule has 0 aliphatic heterocycles. The van der Waals surface area contributed by atoms with Crippen molar-refractivity contribution in [3.05, 3.63) is 24.3 Å². The first-order chi connectivity index (χ1) is 2.50. The highest BCUT2D eigenvalue weighted by Gasteiger charge is 1.72.